The zero-order chi connectivity index (χ0) is 10.8. The first-order chi connectivity index (χ1) is 7.20. The Balaban J connectivity index is 2.23. The highest BCUT2D eigenvalue weighted by atomic mass is 19.1. The number of nitrogens with zero attached hydrogens (tertiary/aromatic N) is 1. The van der Waals surface area contributed by atoms with Gasteiger partial charge in [-0.2, -0.15) is 0 Å². The molecule has 0 radical (unpaired) electrons. The molecule has 1 aliphatic heterocycles. The highest BCUT2D eigenvalue weighted by Gasteiger charge is 2.18. The van der Waals surface area contributed by atoms with Crippen LogP contribution >= 0.6 is 0 Å². The molecule has 0 fully saturated rings. The maximum atomic E-state index is 12.9. The Hall–Kier alpha value is -1.64. The number of carbonyl (C=O) groups excluding carboxylic acids is 1. The van der Waals surface area contributed by atoms with Crippen molar-refractivity contribution in [2.75, 3.05) is 6.54 Å². The van der Waals surface area contributed by atoms with E-state index in [4.69, 9.17) is 0 Å². The second kappa shape index (κ2) is 3.85. The Labute approximate surface area is 88.0 Å². The van der Waals surface area contributed by atoms with E-state index in [0.717, 1.165) is 11.1 Å². The molecule has 0 N–H and O–H groups in total. The third-order valence-corrected chi connectivity index (χ3v) is 2.67. The van der Waals surface area contributed by atoms with Crippen molar-refractivity contribution in [1.29, 1.82) is 0 Å². The van der Waals surface area contributed by atoms with Gasteiger partial charge in [0.2, 0.25) is 5.91 Å². The molecule has 0 spiro atoms. The lowest BCUT2D eigenvalue weighted by Crippen LogP contribution is -2.34. The van der Waals surface area contributed by atoms with E-state index in [9.17, 15) is 9.18 Å². The van der Waals surface area contributed by atoms with Crippen LogP contribution in [0.2, 0.25) is 0 Å². The summed E-state index contributed by atoms with van der Waals surface area (Å²) in [5, 5.41) is 0. The molecule has 0 unspecified atom stereocenters. The lowest BCUT2D eigenvalue weighted by atomic mass is 9.99. The molecule has 0 aromatic heterocycles. The number of benzene rings is 1. The van der Waals surface area contributed by atoms with Crippen LogP contribution in [0.1, 0.15) is 11.1 Å². The summed E-state index contributed by atoms with van der Waals surface area (Å²) in [7, 11) is 0. The SMILES string of the molecule is C=CC(=O)N1CCc2cc(F)ccc2C1. The highest BCUT2D eigenvalue weighted by Crippen LogP contribution is 2.19. The molecule has 1 aromatic carbocycles. The first kappa shape index (κ1) is 9.90. The summed E-state index contributed by atoms with van der Waals surface area (Å²) in [6.07, 6.45) is 2.03. The van der Waals surface area contributed by atoms with E-state index in [1.807, 2.05) is 0 Å². The third kappa shape index (κ3) is 1.91. The number of rotatable bonds is 1. The van der Waals surface area contributed by atoms with Gasteiger partial charge in [0.05, 0.1) is 0 Å². The molecule has 0 atom stereocenters. The van der Waals surface area contributed by atoms with Gasteiger partial charge in [0.1, 0.15) is 5.82 Å². The summed E-state index contributed by atoms with van der Waals surface area (Å²) >= 11 is 0. The fourth-order valence-electron chi connectivity index (χ4n) is 1.84. The Morgan fingerprint density at radius 1 is 1.47 bits per heavy atom. The van der Waals surface area contributed by atoms with Crippen LogP contribution in [0.25, 0.3) is 0 Å². The van der Waals surface area contributed by atoms with Crippen molar-refractivity contribution < 1.29 is 9.18 Å². The quantitative estimate of drug-likeness (QED) is 0.641. The van der Waals surface area contributed by atoms with Gasteiger partial charge in [0.15, 0.2) is 0 Å². The molecule has 1 heterocycles. The average molecular weight is 205 g/mol. The fraction of sp³-hybridized carbons (Fsp3) is 0.250. The minimum atomic E-state index is -0.211. The molecule has 3 heteroatoms. The van der Waals surface area contributed by atoms with Crippen LogP contribution < -0.4 is 0 Å². The maximum Gasteiger partial charge on any atom is 0.246 e. The molecule has 0 aliphatic carbocycles. The lowest BCUT2D eigenvalue weighted by Gasteiger charge is -2.27. The van der Waals surface area contributed by atoms with Gasteiger partial charge in [0.25, 0.3) is 0 Å². The molecule has 0 saturated carbocycles. The van der Waals surface area contributed by atoms with Gasteiger partial charge in [-0.25, -0.2) is 4.39 Å². The minimum absolute atomic E-state index is 0.0648. The standard InChI is InChI=1S/C12H12FNO/c1-2-12(15)14-6-5-9-7-11(13)4-3-10(9)8-14/h2-4,7H,1,5-6,8H2. The van der Waals surface area contributed by atoms with Crippen molar-refractivity contribution in [1.82, 2.24) is 4.90 Å². The second-order valence-electron chi connectivity index (χ2n) is 3.63. The smallest absolute Gasteiger partial charge is 0.246 e. The van der Waals surface area contributed by atoms with E-state index >= 15 is 0 Å². The van der Waals surface area contributed by atoms with Crippen LogP contribution in [0.5, 0.6) is 0 Å². The predicted molar refractivity (Wildman–Crippen MR) is 55.7 cm³/mol. The molecule has 0 saturated heterocycles. The number of halogens is 1. The Kier molecular flexibility index (Phi) is 2.54. The van der Waals surface area contributed by atoms with Crippen molar-refractivity contribution in [2.24, 2.45) is 0 Å². The number of fused-ring (bicyclic) bond motifs is 1. The Morgan fingerprint density at radius 3 is 3.00 bits per heavy atom. The molecule has 78 valence electrons. The average Bonchev–Trinajstić information content (AvgIpc) is 2.27. The lowest BCUT2D eigenvalue weighted by molar-refractivity contribution is -0.126. The summed E-state index contributed by atoms with van der Waals surface area (Å²) in [5.41, 5.74) is 2.03. The van der Waals surface area contributed by atoms with Crippen LogP contribution in [-0.4, -0.2) is 17.4 Å². The van der Waals surface area contributed by atoms with E-state index in [2.05, 4.69) is 6.58 Å². The van der Waals surface area contributed by atoms with Crippen LogP contribution in [0.3, 0.4) is 0 Å². The summed E-state index contributed by atoms with van der Waals surface area (Å²) < 4.78 is 12.9. The van der Waals surface area contributed by atoms with Crippen LogP contribution in [-0.2, 0) is 17.8 Å². The maximum absolute atomic E-state index is 12.9. The van der Waals surface area contributed by atoms with Gasteiger partial charge in [-0.1, -0.05) is 12.6 Å². The van der Waals surface area contributed by atoms with Crippen LogP contribution in [0.4, 0.5) is 4.39 Å². The largest absolute Gasteiger partial charge is 0.335 e. The third-order valence-electron chi connectivity index (χ3n) is 2.67. The fourth-order valence-corrected chi connectivity index (χ4v) is 1.84. The number of amides is 1. The molecular formula is C12H12FNO. The summed E-state index contributed by atoms with van der Waals surface area (Å²) in [5.74, 6) is -0.276. The van der Waals surface area contributed by atoms with Gasteiger partial charge in [-0.05, 0) is 35.8 Å². The van der Waals surface area contributed by atoms with E-state index in [1.54, 1.807) is 17.0 Å². The molecule has 2 rings (SSSR count). The van der Waals surface area contributed by atoms with Crippen LogP contribution in [0.15, 0.2) is 30.9 Å². The number of carbonyl (C=O) groups is 1. The number of hydrogen-bond acceptors (Lipinski definition) is 1. The monoisotopic (exact) mass is 205 g/mol. The normalized spacial score (nSPS) is 14.6. The van der Waals surface area contributed by atoms with Gasteiger partial charge in [-0.15, -0.1) is 0 Å². The van der Waals surface area contributed by atoms with E-state index in [-0.39, 0.29) is 11.7 Å². The van der Waals surface area contributed by atoms with E-state index in [0.29, 0.717) is 19.5 Å². The number of hydrogen-bond donors (Lipinski definition) is 0. The van der Waals surface area contributed by atoms with Gasteiger partial charge in [0, 0.05) is 13.1 Å². The zero-order valence-corrected chi connectivity index (χ0v) is 8.37. The first-order valence-electron chi connectivity index (χ1n) is 4.89. The molecular weight excluding hydrogens is 193 g/mol. The van der Waals surface area contributed by atoms with E-state index < -0.39 is 0 Å². The first-order valence-corrected chi connectivity index (χ1v) is 4.89. The van der Waals surface area contributed by atoms with Crippen molar-refractivity contribution in [3.8, 4) is 0 Å². The van der Waals surface area contributed by atoms with Crippen LogP contribution in [0, 0.1) is 5.82 Å². The van der Waals surface area contributed by atoms with Crippen molar-refractivity contribution in [2.45, 2.75) is 13.0 Å². The molecule has 2 nitrogen and oxygen atoms in total. The summed E-state index contributed by atoms with van der Waals surface area (Å²) in [6, 6.07) is 4.72. The Morgan fingerprint density at radius 2 is 2.27 bits per heavy atom. The summed E-state index contributed by atoms with van der Waals surface area (Å²) in [6.45, 7) is 4.65. The van der Waals surface area contributed by atoms with Crippen molar-refractivity contribution in [3.63, 3.8) is 0 Å². The van der Waals surface area contributed by atoms with Crippen molar-refractivity contribution >= 4 is 5.91 Å². The molecule has 1 aromatic rings. The summed E-state index contributed by atoms with van der Waals surface area (Å²) in [4.78, 5) is 13.1. The van der Waals surface area contributed by atoms with Gasteiger partial charge in [-0.3, -0.25) is 4.79 Å². The second-order valence-corrected chi connectivity index (χ2v) is 3.63. The molecule has 1 amide bonds. The molecule has 1 aliphatic rings. The minimum Gasteiger partial charge on any atom is -0.335 e. The van der Waals surface area contributed by atoms with Gasteiger partial charge >= 0.3 is 0 Å². The van der Waals surface area contributed by atoms with E-state index in [1.165, 1.54) is 12.1 Å². The topological polar surface area (TPSA) is 20.3 Å². The van der Waals surface area contributed by atoms with Crippen molar-refractivity contribution in [3.05, 3.63) is 47.8 Å². The zero-order valence-electron chi connectivity index (χ0n) is 8.37. The predicted octanol–water partition coefficient (Wildman–Crippen LogP) is 1.90. The molecule has 15 heavy (non-hydrogen) atoms. The highest BCUT2D eigenvalue weighted by molar-refractivity contribution is 5.87. The van der Waals surface area contributed by atoms with Gasteiger partial charge < -0.3 is 4.90 Å². The Bertz CT molecular complexity index is 414. The molecule has 0 bridgehead atoms.